The first-order chi connectivity index (χ1) is 23.2. The molecule has 0 amide bonds. The van der Waals surface area contributed by atoms with Gasteiger partial charge in [-0.2, -0.15) is 0 Å². The van der Waals surface area contributed by atoms with Crippen molar-refractivity contribution in [2.45, 2.75) is 86.7 Å². The molecular formula is C38H46N2O8. The molecule has 10 heteroatoms. The third-order valence-corrected chi connectivity index (χ3v) is 12.4. The minimum Gasteiger partial charge on any atom is -0.469 e. The molecule has 256 valence electrons. The molecule has 5 aliphatic rings. The molecule has 7 rings (SSSR count). The summed E-state index contributed by atoms with van der Waals surface area (Å²) in [6, 6.07) is 19.8. The van der Waals surface area contributed by atoms with Gasteiger partial charge in [-0.05, 0) is 50.9 Å². The molecule has 0 radical (unpaired) electrons. The number of nitrogens with zero attached hydrogens (tertiary/aromatic N) is 2. The molecule has 4 bridgehead atoms. The first kappa shape index (κ1) is 32.8. The number of esters is 4. The Balaban J connectivity index is 1.23. The SMILES string of the molecule is COC(=O)C1C(OC(=O)C2C(C(=O)OC3CC4CCC(C3C(=O)OC)N4C)C(c3ccccc3)C2c2ccccc2)CC2CCC1N2C. The van der Waals surface area contributed by atoms with Gasteiger partial charge in [0, 0.05) is 48.8 Å². The molecule has 10 nitrogen and oxygen atoms in total. The molecule has 4 aliphatic heterocycles. The van der Waals surface area contributed by atoms with Crippen LogP contribution in [0.4, 0.5) is 0 Å². The van der Waals surface area contributed by atoms with Gasteiger partial charge in [-0.3, -0.25) is 29.0 Å². The largest absolute Gasteiger partial charge is 0.469 e. The van der Waals surface area contributed by atoms with E-state index in [0.29, 0.717) is 12.8 Å². The Morgan fingerprint density at radius 1 is 0.542 bits per heavy atom. The van der Waals surface area contributed by atoms with Crippen LogP contribution in [-0.2, 0) is 38.1 Å². The summed E-state index contributed by atoms with van der Waals surface area (Å²) in [6.07, 6.45) is 3.24. The maximum absolute atomic E-state index is 14.5. The van der Waals surface area contributed by atoms with Crippen LogP contribution < -0.4 is 0 Å². The molecule has 2 aromatic rings. The maximum Gasteiger partial charge on any atom is 0.314 e. The van der Waals surface area contributed by atoms with Crippen LogP contribution >= 0.6 is 0 Å². The molecule has 4 heterocycles. The van der Waals surface area contributed by atoms with Gasteiger partial charge < -0.3 is 18.9 Å². The fraction of sp³-hybridized carbons (Fsp3) is 0.579. The third-order valence-electron chi connectivity index (χ3n) is 12.4. The number of benzene rings is 2. The number of ether oxygens (including phenoxy) is 4. The molecule has 4 saturated heterocycles. The average molecular weight is 659 g/mol. The van der Waals surface area contributed by atoms with Gasteiger partial charge in [-0.25, -0.2) is 0 Å². The summed E-state index contributed by atoms with van der Waals surface area (Å²) >= 11 is 0. The lowest BCUT2D eigenvalue weighted by Gasteiger charge is -2.51. The molecule has 2 aromatic carbocycles. The van der Waals surface area contributed by atoms with Crippen molar-refractivity contribution in [2.24, 2.45) is 23.7 Å². The van der Waals surface area contributed by atoms with Crippen LogP contribution in [0.15, 0.2) is 60.7 Å². The Morgan fingerprint density at radius 2 is 0.917 bits per heavy atom. The van der Waals surface area contributed by atoms with E-state index in [2.05, 4.69) is 9.80 Å². The first-order valence-electron chi connectivity index (χ1n) is 17.3. The number of hydrogen-bond acceptors (Lipinski definition) is 10. The lowest BCUT2D eigenvalue weighted by Crippen LogP contribution is -2.58. The van der Waals surface area contributed by atoms with E-state index in [1.807, 2.05) is 74.8 Å². The third kappa shape index (κ3) is 5.50. The summed E-state index contributed by atoms with van der Waals surface area (Å²) < 4.78 is 23.1. The predicted molar refractivity (Wildman–Crippen MR) is 174 cm³/mol. The van der Waals surface area contributed by atoms with Crippen LogP contribution in [-0.4, -0.2) is 98.4 Å². The van der Waals surface area contributed by atoms with Crippen LogP contribution in [0, 0.1) is 23.7 Å². The maximum atomic E-state index is 14.5. The highest BCUT2D eigenvalue weighted by Crippen LogP contribution is 2.59. The number of rotatable bonds is 8. The summed E-state index contributed by atoms with van der Waals surface area (Å²) in [5, 5.41) is 0. The van der Waals surface area contributed by atoms with Gasteiger partial charge in [0.2, 0.25) is 0 Å². The zero-order valence-corrected chi connectivity index (χ0v) is 28.1. The van der Waals surface area contributed by atoms with Crippen molar-refractivity contribution >= 4 is 23.9 Å². The minimum atomic E-state index is -0.847. The Bertz CT molecular complexity index is 1410. The predicted octanol–water partition coefficient (Wildman–Crippen LogP) is 3.94. The standard InChI is InChI=1S/C38H46N2O8/c1-39-23-15-17-25(39)31(35(41)45-3)27(19-23)47-37(43)33-29(21-11-7-5-8-12-21)30(22-13-9-6-10-14-22)34(33)38(44)48-28-20-24-16-18-26(40(24)2)32(28)36(42)46-4/h5-14,23-34H,15-20H2,1-4H3. The van der Waals surface area contributed by atoms with E-state index in [1.165, 1.54) is 14.2 Å². The monoisotopic (exact) mass is 658 g/mol. The number of piperidine rings is 2. The highest BCUT2D eigenvalue weighted by atomic mass is 16.6. The highest BCUT2D eigenvalue weighted by Gasteiger charge is 2.62. The van der Waals surface area contributed by atoms with Gasteiger partial charge in [-0.15, -0.1) is 0 Å². The number of carbonyl (C=O) groups excluding carboxylic acids is 4. The van der Waals surface area contributed by atoms with Gasteiger partial charge in [0.25, 0.3) is 0 Å². The van der Waals surface area contributed by atoms with E-state index in [4.69, 9.17) is 18.9 Å². The fourth-order valence-corrected chi connectivity index (χ4v) is 9.94. The lowest BCUT2D eigenvalue weighted by atomic mass is 9.52. The second kappa shape index (κ2) is 13.3. The Morgan fingerprint density at radius 3 is 1.27 bits per heavy atom. The number of carbonyl (C=O) groups is 4. The smallest absolute Gasteiger partial charge is 0.314 e. The van der Waals surface area contributed by atoms with Crippen LogP contribution in [0.1, 0.15) is 61.5 Å². The Kier molecular flexibility index (Phi) is 9.06. The van der Waals surface area contributed by atoms with Gasteiger partial charge in [0.1, 0.15) is 24.0 Å². The summed E-state index contributed by atoms with van der Waals surface area (Å²) in [7, 11) is 6.77. The van der Waals surface area contributed by atoms with Gasteiger partial charge in [-0.1, -0.05) is 60.7 Å². The molecule has 12 unspecified atom stereocenters. The zero-order chi connectivity index (χ0) is 33.7. The van der Waals surface area contributed by atoms with E-state index in [1.54, 1.807) is 0 Å². The average Bonchev–Trinajstić information content (AvgIpc) is 3.45. The zero-order valence-electron chi connectivity index (χ0n) is 28.1. The van der Waals surface area contributed by atoms with Gasteiger partial charge >= 0.3 is 23.9 Å². The molecule has 1 saturated carbocycles. The van der Waals surface area contributed by atoms with Crippen molar-refractivity contribution in [2.75, 3.05) is 28.3 Å². The van der Waals surface area contributed by atoms with Crippen LogP contribution in [0.25, 0.3) is 0 Å². The quantitative estimate of drug-likeness (QED) is 0.306. The van der Waals surface area contributed by atoms with Crippen LogP contribution in [0.5, 0.6) is 0 Å². The van der Waals surface area contributed by atoms with Gasteiger partial charge in [0.15, 0.2) is 0 Å². The van der Waals surface area contributed by atoms with E-state index >= 15 is 0 Å². The molecular weight excluding hydrogens is 612 g/mol. The summed E-state index contributed by atoms with van der Waals surface area (Å²) in [5.74, 6) is -5.41. The Hall–Kier alpha value is -3.76. The topological polar surface area (TPSA) is 112 Å². The summed E-state index contributed by atoms with van der Waals surface area (Å²) in [5.41, 5.74) is 1.85. The van der Waals surface area contributed by atoms with E-state index in [0.717, 1.165) is 36.8 Å². The molecule has 0 N–H and O–H groups in total. The highest BCUT2D eigenvalue weighted by molar-refractivity contribution is 5.88. The summed E-state index contributed by atoms with van der Waals surface area (Å²) in [4.78, 5) is 59.7. The summed E-state index contributed by atoms with van der Waals surface area (Å²) in [6.45, 7) is 0. The van der Waals surface area contributed by atoms with Crippen molar-refractivity contribution < 1.29 is 38.1 Å². The van der Waals surface area contributed by atoms with E-state index in [-0.39, 0.29) is 47.9 Å². The normalized spacial score (nSPS) is 37.2. The molecule has 0 spiro atoms. The minimum absolute atomic E-state index is 0.0757. The van der Waals surface area contributed by atoms with Crippen LogP contribution in [0.3, 0.4) is 0 Å². The fourth-order valence-electron chi connectivity index (χ4n) is 9.94. The first-order valence-corrected chi connectivity index (χ1v) is 17.3. The van der Waals surface area contributed by atoms with Crippen molar-refractivity contribution in [3.63, 3.8) is 0 Å². The molecule has 12 atom stereocenters. The number of methoxy groups -OCH3 is 2. The molecule has 1 aliphatic carbocycles. The van der Waals surface area contributed by atoms with Crippen molar-refractivity contribution in [3.8, 4) is 0 Å². The lowest BCUT2D eigenvalue weighted by molar-refractivity contribution is -0.190. The van der Waals surface area contributed by atoms with Gasteiger partial charge in [0.05, 0.1) is 26.1 Å². The van der Waals surface area contributed by atoms with E-state index in [9.17, 15) is 19.2 Å². The number of hydrogen-bond donors (Lipinski definition) is 0. The van der Waals surface area contributed by atoms with E-state index < -0.39 is 47.8 Å². The number of fused-ring (bicyclic) bond motifs is 4. The Labute approximate surface area is 282 Å². The van der Waals surface area contributed by atoms with Crippen molar-refractivity contribution in [1.29, 1.82) is 0 Å². The van der Waals surface area contributed by atoms with Crippen LogP contribution in [0.2, 0.25) is 0 Å². The molecule has 0 aromatic heterocycles. The van der Waals surface area contributed by atoms with Crippen molar-refractivity contribution in [3.05, 3.63) is 71.8 Å². The second-order valence-electron chi connectivity index (χ2n) is 14.4. The molecule has 5 fully saturated rings. The molecule has 48 heavy (non-hydrogen) atoms. The second-order valence-corrected chi connectivity index (χ2v) is 14.4. The van der Waals surface area contributed by atoms with Crippen molar-refractivity contribution in [1.82, 2.24) is 9.80 Å².